The number of hydrogen-bond acceptors (Lipinski definition) is 5. The van der Waals surface area contributed by atoms with Gasteiger partial charge in [0.05, 0.1) is 5.71 Å². The van der Waals surface area contributed by atoms with E-state index in [0.717, 1.165) is 38.5 Å². The summed E-state index contributed by atoms with van der Waals surface area (Å²) in [7, 11) is -3.46. The molecule has 4 aliphatic rings. The number of hydrogen-bond donors (Lipinski definition) is 0. The van der Waals surface area contributed by atoms with Crippen LogP contribution in [0.2, 0.25) is 0 Å². The number of halogens is 1. The molecule has 0 aromatic heterocycles. The van der Waals surface area contributed by atoms with Crippen LogP contribution in [0.3, 0.4) is 0 Å². The van der Waals surface area contributed by atoms with Crippen molar-refractivity contribution in [3.8, 4) is 0 Å². The molecule has 1 amide bonds. The Bertz CT molecular complexity index is 749. The Morgan fingerprint density at radius 3 is 2.04 bits per heavy atom. The van der Waals surface area contributed by atoms with Gasteiger partial charge in [0, 0.05) is 45.2 Å². The summed E-state index contributed by atoms with van der Waals surface area (Å²) in [4.78, 5) is 21.8. The van der Waals surface area contributed by atoms with Gasteiger partial charge in [0.25, 0.3) is 16.1 Å². The predicted octanol–water partition coefficient (Wildman–Crippen LogP) is 0.810. The molecule has 150 valence electrons. The zero-order valence-electron chi connectivity index (χ0n) is 15.4. The van der Waals surface area contributed by atoms with Gasteiger partial charge < -0.3 is 4.90 Å². The zero-order valence-corrected chi connectivity index (χ0v) is 16.2. The van der Waals surface area contributed by atoms with Crippen molar-refractivity contribution < 1.29 is 17.6 Å². The molecule has 1 atom stereocenters. The third kappa shape index (κ3) is 3.93. The van der Waals surface area contributed by atoms with E-state index in [1.165, 1.54) is 4.31 Å². The van der Waals surface area contributed by atoms with Gasteiger partial charge in [0.2, 0.25) is 12.1 Å². The van der Waals surface area contributed by atoms with Crippen LogP contribution in [0.4, 0.5) is 4.39 Å². The zero-order chi connectivity index (χ0) is 19.0. The molecule has 3 fully saturated rings. The van der Waals surface area contributed by atoms with Crippen molar-refractivity contribution in [2.24, 2.45) is 15.9 Å². The fraction of sp³-hybridized carbons (Fsp3) is 0.824. The van der Waals surface area contributed by atoms with E-state index in [1.807, 2.05) is 0 Å². The van der Waals surface area contributed by atoms with E-state index in [9.17, 15) is 17.6 Å². The van der Waals surface area contributed by atoms with Crippen LogP contribution in [0, 0.1) is 5.92 Å². The van der Waals surface area contributed by atoms with E-state index in [-0.39, 0.29) is 11.9 Å². The summed E-state index contributed by atoms with van der Waals surface area (Å²) in [6.07, 6.45) is 3.96. The number of piperazine rings is 1. The van der Waals surface area contributed by atoms with Crippen molar-refractivity contribution in [1.29, 1.82) is 0 Å². The maximum absolute atomic E-state index is 14.0. The van der Waals surface area contributed by atoms with Crippen LogP contribution in [0.5, 0.6) is 0 Å². The lowest BCUT2D eigenvalue weighted by molar-refractivity contribution is -0.120. The fourth-order valence-electron chi connectivity index (χ4n) is 3.85. The molecule has 0 bridgehead atoms. The number of amides is 1. The van der Waals surface area contributed by atoms with Crippen molar-refractivity contribution in [3.05, 3.63) is 0 Å². The summed E-state index contributed by atoms with van der Waals surface area (Å²) in [5.74, 6) is -0.497. The van der Waals surface area contributed by atoms with E-state index in [2.05, 4.69) is 9.98 Å². The molecule has 3 heterocycles. The molecule has 27 heavy (non-hydrogen) atoms. The van der Waals surface area contributed by atoms with Crippen molar-refractivity contribution in [3.63, 3.8) is 0 Å². The van der Waals surface area contributed by atoms with Gasteiger partial charge in [-0.1, -0.05) is 12.8 Å². The lowest BCUT2D eigenvalue weighted by Crippen LogP contribution is -2.54. The van der Waals surface area contributed by atoms with Crippen LogP contribution < -0.4 is 0 Å². The van der Waals surface area contributed by atoms with Gasteiger partial charge in [0.1, 0.15) is 0 Å². The van der Waals surface area contributed by atoms with Crippen LogP contribution in [0.15, 0.2) is 9.98 Å². The number of carbonyl (C=O) groups is 1. The van der Waals surface area contributed by atoms with Gasteiger partial charge >= 0.3 is 0 Å². The Morgan fingerprint density at radius 1 is 0.852 bits per heavy atom. The molecule has 0 N–H and O–H groups in total. The van der Waals surface area contributed by atoms with Crippen molar-refractivity contribution in [1.82, 2.24) is 13.5 Å². The van der Waals surface area contributed by atoms with E-state index in [1.54, 1.807) is 9.21 Å². The molecular formula is C17H26FN5O3S. The molecule has 0 radical (unpaired) electrons. The molecule has 0 aromatic rings. The first-order valence-corrected chi connectivity index (χ1v) is 11.2. The summed E-state index contributed by atoms with van der Waals surface area (Å²) in [5.41, 5.74) is 0.296. The molecule has 10 heteroatoms. The first kappa shape index (κ1) is 18.9. The summed E-state index contributed by atoms with van der Waals surface area (Å²) < 4.78 is 42.9. The summed E-state index contributed by atoms with van der Waals surface area (Å²) in [5, 5.41) is 0. The summed E-state index contributed by atoms with van der Waals surface area (Å²) in [6.45, 7) is 2.60. The van der Waals surface area contributed by atoms with E-state index < -0.39 is 22.3 Å². The number of guanidine groups is 1. The molecule has 3 aliphatic heterocycles. The lowest BCUT2D eigenvalue weighted by atomic mass is 10.1. The first-order valence-electron chi connectivity index (χ1n) is 9.82. The minimum atomic E-state index is -3.46. The lowest BCUT2D eigenvalue weighted by Gasteiger charge is -2.37. The average molecular weight is 399 g/mol. The van der Waals surface area contributed by atoms with Gasteiger partial charge in [-0.05, 0) is 25.7 Å². The number of carbonyl (C=O) groups excluding carboxylic acids is 1. The highest BCUT2D eigenvalue weighted by Crippen LogP contribution is 2.34. The molecule has 1 saturated carbocycles. The highest BCUT2D eigenvalue weighted by Gasteiger charge is 2.40. The topological polar surface area (TPSA) is 85.7 Å². The quantitative estimate of drug-likeness (QED) is 0.703. The largest absolute Gasteiger partial charge is 0.338 e. The van der Waals surface area contributed by atoms with E-state index in [0.29, 0.717) is 45.0 Å². The molecular weight excluding hydrogens is 373 g/mol. The molecule has 4 rings (SSSR count). The molecule has 1 unspecified atom stereocenters. The summed E-state index contributed by atoms with van der Waals surface area (Å²) in [6, 6.07) is 0. The Labute approximate surface area is 159 Å². The normalized spacial score (nSPS) is 29.3. The SMILES string of the molecule is O=C1N=C(N2CCN(S(=O)(=O)N3CCCCCC3)CC2)N=C(C2CC2)C1F. The highest BCUT2D eigenvalue weighted by molar-refractivity contribution is 7.86. The van der Waals surface area contributed by atoms with Crippen molar-refractivity contribution >= 4 is 27.8 Å². The molecule has 8 nitrogen and oxygen atoms in total. The van der Waals surface area contributed by atoms with Crippen LogP contribution in [0.1, 0.15) is 38.5 Å². The van der Waals surface area contributed by atoms with Gasteiger partial charge in [-0.15, -0.1) is 0 Å². The number of aliphatic imine (C=N–C) groups is 2. The third-order valence-electron chi connectivity index (χ3n) is 5.65. The number of nitrogens with zero attached hydrogens (tertiary/aromatic N) is 5. The molecule has 2 saturated heterocycles. The van der Waals surface area contributed by atoms with Gasteiger partial charge in [-0.2, -0.15) is 22.0 Å². The van der Waals surface area contributed by atoms with E-state index in [4.69, 9.17) is 0 Å². The van der Waals surface area contributed by atoms with Gasteiger partial charge in [0.15, 0.2) is 0 Å². The second-order valence-electron chi connectivity index (χ2n) is 7.63. The van der Waals surface area contributed by atoms with Crippen molar-refractivity contribution in [2.75, 3.05) is 39.3 Å². The second kappa shape index (κ2) is 7.56. The highest BCUT2D eigenvalue weighted by atomic mass is 32.2. The molecule has 0 aromatic carbocycles. The monoisotopic (exact) mass is 399 g/mol. The Kier molecular flexibility index (Phi) is 5.30. The van der Waals surface area contributed by atoms with Crippen LogP contribution in [0.25, 0.3) is 0 Å². The number of rotatable bonds is 3. The Hall–Kier alpha value is -1.39. The minimum absolute atomic E-state index is 0.0548. The standard InChI is InChI=1S/C17H26FN5O3S/c18-14-15(13-5-6-13)19-17(20-16(14)24)21-9-11-23(12-10-21)27(25,26)22-7-3-1-2-4-8-22/h13-14H,1-12H2. The maximum atomic E-state index is 14.0. The second-order valence-corrected chi connectivity index (χ2v) is 9.56. The minimum Gasteiger partial charge on any atom is -0.338 e. The van der Waals surface area contributed by atoms with Crippen LogP contribution in [-0.2, 0) is 15.0 Å². The molecule has 1 aliphatic carbocycles. The smallest absolute Gasteiger partial charge is 0.289 e. The van der Waals surface area contributed by atoms with Crippen molar-refractivity contribution in [2.45, 2.75) is 44.7 Å². The number of alkyl halides is 1. The third-order valence-corrected chi connectivity index (χ3v) is 7.69. The van der Waals surface area contributed by atoms with Crippen LogP contribution >= 0.6 is 0 Å². The van der Waals surface area contributed by atoms with Gasteiger partial charge in [-0.3, -0.25) is 4.79 Å². The maximum Gasteiger partial charge on any atom is 0.289 e. The molecule has 0 spiro atoms. The Balaban J connectivity index is 1.41. The van der Waals surface area contributed by atoms with Crippen LogP contribution in [-0.4, -0.2) is 84.9 Å². The Morgan fingerprint density at radius 2 is 1.44 bits per heavy atom. The van der Waals surface area contributed by atoms with Gasteiger partial charge in [-0.25, -0.2) is 9.38 Å². The average Bonchev–Trinajstić information content (AvgIpc) is 3.51. The predicted molar refractivity (Wildman–Crippen MR) is 99.6 cm³/mol. The summed E-state index contributed by atoms with van der Waals surface area (Å²) >= 11 is 0. The first-order chi connectivity index (χ1) is 13.0. The van der Waals surface area contributed by atoms with E-state index >= 15 is 0 Å². The fourth-order valence-corrected chi connectivity index (χ4v) is 5.52.